The van der Waals surface area contributed by atoms with Gasteiger partial charge in [0.1, 0.15) is 6.54 Å². The van der Waals surface area contributed by atoms with Gasteiger partial charge in [0, 0.05) is 5.69 Å². The van der Waals surface area contributed by atoms with Crippen molar-refractivity contribution in [3.05, 3.63) is 52.2 Å². The van der Waals surface area contributed by atoms with Gasteiger partial charge in [0.2, 0.25) is 0 Å². The fourth-order valence-electron chi connectivity index (χ4n) is 1.79. The van der Waals surface area contributed by atoms with Gasteiger partial charge in [-0.1, -0.05) is 12.1 Å². The first-order valence-electron chi connectivity index (χ1n) is 7.20. The number of carbonyl (C=O) groups is 3. The van der Waals surface area contributed by atoms with Crippen molar-refractivity contribution in [1.29, 1.82) is 0 Å². The predicted octanol–water partition coefficient (Wildman–Crippen LogP) is 2.84. The van der Waals surface area contributed by atoms with Gasteiger partial charge in [-0.15, -0.1) is 11.3 Å². The van der Waals surface area contributed by atoms with Crippen LogP contribution in [-0.2, 0) is 9.53 Å². The van der Waals surface area contributed by atoms with E-state index in [2.05, 4.69) is 10.1 Å². The molecule has 1 aromatic heterocycles. The Hall–Kier alpha value is -2.88. The molecular weight excluding hydrogens is 373 g/mol. The summed E-state index contributed by atoms with van der Waals surface area (Å²) in [4.78, 5) is 35.6. The number of halogens is 3. The molecule has 0 fully saturated rings. The normalized spacial score (nSPS) is 10.9. The molecule has 26 heavy (non-hydrogen) atoms. The summed E-state index contributed by atoms with van der Waals surface area (Å²) in [7, 11) is 0. The first-order chi connectivity index (χ1) is 12.2. The van der Waals surface area contributed by atoms with E-state index in [1.165, 1.54) is 29.5 Å². The fourth-order valence-corrected chi connectivity index (χ4v) is 2.41. The van der Waals surface area contributed by atoms with E-state index in [1.807, 2.05) is 0 Å². The zero-order chi connectivity index (χ0) is 19.2. The van der Waals surface area contributed by atoms with Crippen molar-refractivity contribution in [2.45, 2.75) is 6.18 Å². The maximum absolute atomic E-state index is 12.0. The number of amides is 2. The SMILES string of the molecule is O=C(COC(=O)c1cccc(NC(=O)c2cccs2)c1)NCC(F)(F)F. The monoisotopic (exact) mass is 386 g/mol. The van der Waals surface area contributed by atoms with Crippen LogP contribution in [0.2, 0.25) is 0 Å². The van der Waals surface area contributed by atoms with Crippen LogP contribution >= 0.6 is 11.3 Å². The highest BCUT2D eigenvalue weighted by molar-refractivity contribution is 7.12. The second-order valence-electron chi connectivity index (χ2n) is 4.98. The van der Waals surface area contributed by atoms with E-state index in [0.29, 0.717) is 10.6 Å². The van der Waals surface area contributed by atoms with Gasteiger partial charge in [0.25, 0.3) is 11.8 Å². The van der Waals surface area contributed by atoms with Crippen molar-refractivity contribution < 1.29 is 32.3 Å². The molecule has 0 saturated heterocycles. The first kappa shape index (κ1) is 19.4. The number of ether oxygens (including phenoxy) is 1. The van der Waals surface area contributed by atoms with Crippen LogP contribution in [0.5, 0.6) is 0 Å². The Kier molecular flexibility index (Phi) is 6.34. The summed E-state index contributed by atoms with van der Waals surface area (Å²) in [5.74, 6) is -2.32. The van der Waals surface area contributed by atoms with Gasteiger partial charge < -0.3 is 15.4 Å². The summed E-state index contributed by atoms with van der Waals surface area (Å²) in [6.45, 7) is -2.35. The maximum atomic E-state index is 12.0. The first-order valence-corrected chi connectivity index (χ1v) is 8.08. The highest BCUT2D eigenvalue weighted by atomic mass is 32.1. The third kappa shape index (κ3) is 6.20. The minimum absolute atomic E-state index is 0.0394. The average molecular weight is 386 g/mol. The second kappa shape index (κ2) is 8.48. The molecule has 0 aliphatic rings. The molecule has 2 aromatic rings. The molecule has 2 amide bonds. The van der Waals surface area contributed by atoms with Crippen LogP contribution in [0.3, 0.4) is 0 Å². The molecule has 0 aliphatic heterocycles. The third-order valence-electron chi connectivity index (χ3n) is 2.92. The number of anilines is 1. The minimum atomic E-state index is -4.55. The Morgan fingerprint density at radius 3 is 2.54 bits per heavy atom. The molecule has 138 valence electrons. The van der Waals surface area contributed by atoms with E-state index in [9.17, 15) is 27.6 Å². The number of hydrogen-bond donors (Lipinski definition) is 2. The number of esters is 1. The van der Waals surface area contributed by atoms with Crippen molar-refractivity contribution >= 4 is 34.8 Å². The van der Waals surface area contributed by atoms with Gasteiger partial charge in [0.15, 0.2) is 6.61 Å². The summed E-state index contributed by atoms with van der Waals surface area (Å²) < 4.78 is 40.6. The van der Waals surface area contributed by atoms with Gasteiger partial charge in [-0.3, -0.25) is 9.59 Å². The van der Waals surface area contributed by atoms with Crippen LogP contribution in [0.4, 0.5) is 18.9 Å². The molecule has 6 nitrogen and oxygen atoms in total. The van der Waals surface area contributed by atoms with Crippen molar-refractivity contribution in [3.8, 4) is 0 Å². The van der Waals surface area contributed by atoms with E-state index >= 15 is 0 Å². The molecule has 0 radical (unpaired) electrons. The van der Waals surface area contributed by atoms with Crippen LogP contribution in [0.1, 0.15) is 20.0 Å². The van der Waals surface area contributed by atoms with E-state index in [-0.39, 0.29) is 11.5 Å². The van der Waals surface area contributed by atoms with Crippen LogP contribution in [0, 0.1) is 0 Å². The Bertz CT molecular complexity index is 791. The van der Waals surface area contributed by atoms with Crippen LogP contribution in [0.25, 0.3) is 0 Å². The molecule has 0 unspecified atom stereocenters. The van der Waals surface area contributed by atoms with Crippen molar-refractivity contribution in [3.63, 3.8) is 0 Å². The van der Waals surface area contributed by atoms with E-state index < -0.39 is 31.2 Å². The quantitative estimate of drug-likeness (QED) is 0.748. The Labute approximate surface area is 150 Å². The molecule has 1 heterocycles. The molecule has 0 atom stereocenters. The van der Waals surface area contributed by atoms with E-state index in [4.69, 9.17) is 0 Å². The molecular formula is C16H13F3N2O4S. The molecule has 0 bridgehead atoms. The molecule has 0 spiro atoms. The van der Waals surface area contributed by atoms with Gasteiger partial charge in [-0.2, -0.15) is 13.2 Å². The van der Waals surface area contributed by atoms with E-state index in [1.54, 1.807) is 28.9 Å². The number of hydrogen-bond acceptors (Lipinski definition) is 5. The van der Waals surface area contributed by atoms with Crippen molar-refractivity contribution in [2.24, 2.45) is 0 Å². The largest absolute Gasteiger partial charge is 0.452 e. The van der Waals surface area contributed by atoms with Crippen molar-refractivity contribution in [1.82, 2.24) is 5.32 Å². The Balaban J connectivity index is 1.89. The van der Waals surface area contributed by atoms with E-state index in [0.717, 1.165) is 0 Å². The highest BCUT2D eigenvalue weighted by Crippen LogP contribution is 2.15. The lowest BCUT2D eigenvalue weighted by atomic mass is 10.2. The smallest absolute Gasteiger partial charge is 0.405 e. The fraction of sp³-hybridized carbons (Fsp3) is 0.188. The number of benzene rings is 1. The minimum Gasteiger partial charge on any atom is -0.452 e. The molecule has 0 aliphatic carbocycles. The highest BCUT2D eigenvalue weighted by Gasteiger charge is 2.27. The zero-order valence-electron chi connectivity index (χ0n) is 13.1. The summed E-state index contributed by atoms with van der Waals surface area (Å²) in [6.07, 6.45) is -4.55. The number of alkyl halides is 3. The maximum Gasteiger partial charge on any atom is 0.405 e. The number of carbonyl (C=O) groups excluding carboxylic acids is 3. The molecule has 10 heteroatoms. The number of rotatable bonds is 6. The molecule has 2 rings (SSSR count). The topological polar surface area (TPSA) is 84.5 Å². The Morgan fingerprint density at radius 2 is 1.88 bits per heavy atom. The summed E-state index contributed by atoms with van der Waals surface area (Å²) in [5, 5.41) is 5.93. The Morgan fingerprint density at radius 1 is 1.12 bits per heavy atom. The second-order valence-corrected chi connectivity index (χ2v) is 5.93. The summed E-state index contributed by atoms with van der Waals surface area (Å²) in [6, 6.07) is 9.12. The molecule has 2 N–H and O–H groups in total. The van der Waals surface area contributed by atoms with Crippen molar-refractivity contribution in [2.75, 3.05) is 18.5 Å². The van der Waals surface area contributed by atoms with Crippen LogP contribution < -0.4 is 10.6 Å². The van der Waals surface area contributed by atoms with Gasteiger partial charge in [0.05, 0.1) is 10.4 Å². The van der Waals surface area contributed by atoms with Crippen LogP contribution in [0.15, 0.2) is 41.8 Å². The zero-order valence-corrected chi connectivity index (χ0v) is 13.9. The predicted molar refractivity (Wildman–Crippen MR) is 88.1 cm³/mol. The van der Waals surface area contributed by atoms with Gasteiger partial charge in [-0.05, 0) is 29.6 Å². The number of thiophene rings is 1. The third-order valence-corrected chi connectivity index (χ3v) is 3.79. The average Bonchev–Trinajstić information content (AvgIpc) is 3.12. The van der Waals surface area contributed by atoms with Gasteiger partial charge >= 0.3 is 12.1 Å². The van der Waals surface area contributed by atoms with Crippen LogP contribution in [-0.4, -0.2) is 37.1 Å². The summed E-state index contributed by atoms with van der Waals surface area (Å²) >= 11 is 1.25. The summed E-state index contributed by atoms with van der Waals surface area (Å²) in [5.41, 5.74) is 0.372. The molecule has 1 aromatic carbocycles. The lowest BCUT2D eigenvalue weighted by Crippen LogP contribution is -2.36. The lowest BCUT2D eigenvalue weighted by molar-refractivity contribution is -0.140. The number of nitrogens with one attached hydrogen (secondary N) is 2. The lowest BCUT2D eigenvalue weighted by Gasteiger charge is -2.09. The standard InChI is InChI=1S/C16H13F3N2O4S/c17-16(18,19)9-20-13(22)8-25-15(24)10-3-1-4-11(7-10)21-14(23)12-5-2-6-26-12/h1-7H,8-9H2,(H,20,22)(H,21,23). The van der Waals surface area contributed by atoms with Gasteiger partial charge in [-0.25, -0.2) is 4.79 Å². The molecule has 0 saturated carbocycles.